The van der Waals surface area contributed by atoms with Crippen molar-refractivity contribution < 1.29 is 4.79 Å². The van der Waals surface area contributed by atoms with Crippen LogP contribution in [-0.4, -0.2) is 16.1 Å². The first-order chi connectivity index (χ1) is 13.1. The van der Waals surface area contributed by atoms with Crippen molar-refractivity contribution in [2.45, 2.75) is 13.3 Å². The van der Waals surface area contributed by atoms with Gasteiger partial charge in [0.2, 0.25) is 5.91 Å². The molecule has 0 spiro atoms. The van der Waals surface area contributed by atoms with Gasteiger partial charge in [0.15, 0.2) is 5.82 Å². The Labute approximate surface area is 162 Å². The molecule has 4 rings (SSSR count). The van der Waals surface area contributed by atoms with Gasteiger partial charge in [0.25, 0.3) is 0 Å². The van der Waals surface area contributed by atoms with Crippen LogP contribution in [0.15, 0.2) is 66.7 Å². The molecule has 1 amide bonds. The minimum absolute atomic E-state index is 0.0977. The van der Waals surface area contributed by atoms with E-state index in [0.717, 1.165) is 33.2 Å². The van der Waals surface area contributed by atoms with Gasteiger partial charge < -0.3 is 5.32 Å². The van der Waals surface area contributed by atoms with Crippen molar-refractivity contribution in [1.82, 2.24) is 10.2 Å². The van der Waals surface area contributed by atoms with Crippen LogP contribution in [0, 0.1) is 6.92 Å². The van der Waals surface area contributed by atoms with Gasteiger partial charge >= 0.3 is 0 Å². The number of anilines is 1. The topological polar surface area (TPSA) is 57.8 Å². The fourth-order valence-electron chi connectivity index (χ4n) is 3.19. The molecule has 0 atom stereocenters. The lowest BCUT2D eigenvalue weighted by Gasteiger charge is -2.08. The summed E-state index contributed by atoms with van der Waals surface area (Å²) >= 11 is 6.15. The number of nitrogens with zero attached hydrogens (tertiary/aromatic N) is 1. The maximum Gasteiger partial charge on any atom is 0.230 e. The molecule has 134 valence electrons. The Morgan fingerprint density at radius 3 is 2.67 bits per heavy atom. The summed E-state index contributed by atoms with van der Waals surface area (Å²) in [6, 6.07) is 21.5. The monoisotopic (exact) mass is 375 g/mol. The van der Waals surface area contributed by atoms with Crippen molar-refractivity contribution in [2.24, 2.45) is 0 Å². The Balaban J connectivity index is 1.66. The van der Waals surface area contributed by atoms with Crippen LogP contribution in [-0.2, 0) is 11.2 Å². The summed E-state index contributed by atoms with van der Waals surface area (Å²) < 4.78 is 0. The van der Waals surface area contributed by atoms with E-state index in [1.165, 1.54) is 0 Å². The van der Waals surface area contributed by atoms with Crippen LogP contribution >= 0.6 is 11.6 Å². The molecular weight excluding hydrogens is 358 g/mol. The lowest BCUT2D eigenvalue weighted by Crippen LogP contribution is -2.14. The van der Waals surface area contributed by atoms with Gasteiger partial charge in [-0.1, -0.05) is 54.1 Å². The minimum atomic E-state index is -0.0977. The SMILES string of the molecule is Cc1cc2[nH]nc(NC(=O)Cc3ccccc3)c2cc1-c1cccc(Cl)c1. The predicted molar refractivity (Wildman–Crippen MR) is 110 cm³/mol. The second kappa shape index (κ2) is 7.25. The van der Waals surface area contributed by atoms with Crippen molar-refractivity contribution in [3.63, 3.8) is 0 Å². The van der Waals surface area contributed by atoms with Gasteiger partial charge in [0.1, 0.15) is 0 Å². The van der Waals surface area contributed by atoms with Crippen LogP contribution in [0.3, 0.4) is 0 Å². The van der Waals surface area contributed by atoms with E-state index in [1.807, 2.05) is 73.7 Å². The van der Waals surface area contributed by atoms with Crippen molar-refractivity contribution in [3.8, 4) is 11.1 Å². The Morgan fingerprint density at radius 1 is 1.07 bits per heavy atom. The van der Waals surface area contributed by atoms with Crippen molar-refractivity contribution in [1.29, 1.82) is 0 Å². The number of nitrogens with one attached hydrogen (secondary N) is 2. The van der Waals surface area contributed by atoms with Crippen LogP contribution in [0.25, 0.3) is 22.0 Å². The summed E-state index contributed by atoms with van der Waals surface area (Å²) in [7, 11) is 0. The first kappa shape index (κ1) is 17.3. The Morgan fingerprint density at radius 2 is 1.89 bits per heavy atom. The fourth-order valence-corrected chi connectivity index (χ4v) is 3.38. The van der Waals surface area contributed by atoms with Crippen LogP contribution in [0.4, 0.5) is 5.82 Å². The molecule has 0 bridgehead atoms. The lowest BCUT2D eigenvalue weighted by molar-refractivity contribution is -0.115. The molecule has 1 heterocycles. The van der Waals surface area contributed by atoms with Crippen molar-refractivity contribution >= 4 is 34.2 Å². The van der Waals surface area contributed by atoms with E-state index in [4.69, 9.17) is 11.6 Å². The predicted octanol–water partition coefficient (Wildman–Crippen LogP) is 5.37. The number of fused-ring (bicyclic) bond motifs is 1. The highest BCUT2D eigenvalue weighted by Gasteiger charge is 2.13. The van der Waals surface area contributed by atoms with Gasteiger partial charge in [-0.25, -0.2) is 0 Å². The summed E-state index contributed by atoms with van der Waals surface area (Å²) in [5.74, 6) is 0.439. The first-order valence-electron chi connectivity index (χ1n) is 8.68. The molecule has 0 aliphatic rings. The number of halogens is 1. The zero-order valence-electron chi connectivity index (χ0n) is 14.8. The zero-order valence-corrected chi connectivity index (χ0v) is 15.5. The molecule has 5 heteroatoms. The average Bonchev–Trinajstić information content (AvgIpc) is 3.03. The number of rotatable bonds is 4. The van der Waals surface area contributed by atoms with Crippen LogP contribution < -0.4 is 5.32 Å². The highest BCUT2D eigenvalue weighted by Crippen LogP contribution is 2.32. The third-order valence-electron chi connectivity index (χ3n) is 4.51. The maximum atomic E-state index is 12.4. The summed E-state index contributed by atoms with van der Waals surface area (Å²) in [5, 5.41) is 11.8. The first-order valence-corrected chi connectivity index (χ1v) is 9.06. The van der Waals surface area contributed by atoms with E-state index in [2.05, 4.69) is 15.5 Å². The molecule has 3 aromatic carbocycles. The Bertz CT molecular complexity index is 1120. The summed E-state index contributed by atoms with van der Waals surface area (Å²) in [6.07, 6.45) is 0.308. The van der Waals surface area contributed by atoms with E-state index in [0.29, 0.717) is 17.3 Å². The molecule has 0 unspecified atom stereocenters. The van der Waals surface area contributed by atoms with Gasteiger partial charge in [-0.2, -0.15) is 5.10 Å². The molecule has 0 aliphatic carbocycles. The van der Waals surface area contributed by atoms with Gasteiger partial charge in [-0.3, -0.25) is 9.89 Å². The number of amides is 1. The van der Waals surface area contributed by atoms with Gasteiger partial charge in [-0.15, -0.1) is 0 Å². The molecule has 4 aromatic rings. The quantitative estimate of drug-likeness (QED) is 0.503. The number of aromatic nitrogens is 2. The number of hydrogen-bond donors (Lipinski definition) is 2. The second-order valence-electron chi connectivity index (χ2n) is 6.51. The number of aromatic amines is 1. The van der Waals surface area contributed by atoms with E-state index < -0.39 is 0 Å². The number of H-pyrrole nitrogens is 1. The Kier molecular flexibility index (Phi) is 4.65. The zero-order chi connectivity index (χ0) is 18.8. The molecule has 0 saturated heterocycles. The molecule has 4 nitrogen and oxygen atoms in total. The number of carbonyl (C=O) groups is 1. The van der Waals surface area contributed by atoms with Crippen LogP contribution in [0.5, 0.6) is 0 Å². The van der Waals surface area contributed by atoms with E-state index in [1.54, 1.807) is 0 Å². The molecule has 0 saturated carbocycles. The minimum Gasteiger partial charge on any atom is -0.308 e. The largest absolute Gasteiger partial charge is 0.308 e. The average molecular weight is 376 g/mol. The summed E-state index contributed by atoms with van der Waals surface area (Å²) in [6.45, 7) is 2.05. The molecule has 0 radical (unpaired) electrons. The third kappa shape index (κ3) is 3.71. The number of aryl methyl sites for hydroxylation is 1. The molecule has 0 aliphatic heterocycles. The molecule has 27 heavy (non-hydrogen) atoms. The second-order valence-corrected chi connectivity index (χ2v) is 6.94. The Hall–Kier alpha value is -3.11. The van der Waals surface area contributed by atoms with Crippen molar-refractivity contribution in [3.05, 3.63) is 82.9 Å². The van der Waals surface area contributed by atoms with Crippen LogP contribution in [0.1, 0.15) is 11.1 Å². The number of hydrogen-bond acceptors (Lipinski definition) is 2. The fraction of sp³-hybridized carbons (Fsp3) is 0.0909. The standard InChI is InChI=1S/C22H18ClN3O/c1-14-10-20-19(13-18(14)16-8-5-9-17(23)12-16)22(26-25-20)24-21(27)11-15-6-3-2-4-7-15/h2-10,12-13H,11H2,1H3,(H2,24,25,26,27). The van der Waals surface area contributed by atoms with E-state index in [9.17, 15) is 4.79 Å². The molecular formula is C22H18ClN3O. The van der Waals surface area contributed by atoms with Gasteiger partial charge in [0.05, 0.1) is 11.9 Å². The van der Waals surface area contributed by atoms with E-state index >= 15 is 0 Å². The highest BCUT2D eigenvalue weighted by atomic mass is 35.5. The molecule has 2 N–H and O–H groups in total. The number of benzene rings is 3. The van der Waals surface area contributed by atoms with Crippen LogP contribution in [0.2, 0.25) is 5.02 Å². The smallest absolute Gasteiger partial charge is 0.230 e. The molecule has 0 fully saturated rings. The summed E-state index contributed by atoms with van der Waals surface area (Å²) in [5.41, 5.74) is 5.05. The lowest BCUT2D eigenvalue weighted by atomic mass is 9.98. The summed E-state index contributed by atoms with van der Waals surface area (Å²) in [4.78, 5) is 12.4. The highest BCUT2D eigenvalue weighted by molar-refractivity contribution is 6.30. The third-order valence-corrected chi connectivity index (χ3v) is 4.74. The van der Waals surface area contributed by atoms with Gasteiger partial charge in [-0.05, 0) is 53.4 Å². The van der Waals surface area contributed by atoms with Gasteiger partial charge in [0, 0.05) is 10.4 Å². The molecule has 1 aromatic heterocycles. The van der Waals surface area contributed by atoms with E-state index in [-0.39, 0.29) is 5.91 Å². The maximum absolute atomic E-state index is 12.4. The number of carbonyl (C=O) groups excluding carboxylic acids is 1. The normalized spacial score (nSPS) is 10.9. The van der Waals surface area contributed by atoms with Crippen molar-refractivity contribution in [2.75, 3.05) is 5.32 Å².